The first kappa shape index (κ1) is 16.0. The fraction of sp³-hybridized carbons (Fsp3) is 0.529. The number of nitrogens with zero attached hydrogens (tertiary/aromatic N) is 2. The number of β-amino-alcohol motifs (C(OH)–C–C–N with tert-alkyl or cyclic N) is 1. The first-order valence-electron chi connectivity index (χ1n) is 8.12. The van der Waals surface area contributed by atoms with Crippen molar-refractivity contribution < 1.29 is 14.7 Å². The minimum Gasteiger partial charge on any atom is -0.392 e. The zero-order valence-corrected chi connectivity index (χ0v) is 13.4. The number of carbonyl (C=O) groups is 2. The number of carbonyl (C=O) groups excluding carboxylic acids is 2. The number of aliphatic hydroxyl groups excluding tert-OH is 1. The molecule has 0 saturated carbocycles. The standard InChI is InChI=1S/C17H23N3O3/c1-12(21)11-19-6-8-20(9-7-19)16(22)10-14-13-4-2-3-5-15(13)18-17(14)23/h2-5,12,14,21H,6-11H2,1H3,(H,18,23)/t12-,14-/m0/s1. The molecule has 1 fully saturated rings. The van der Waals surface area contributed by atoms with Gasteiger partial charge in [0, 0.05) is 44.8 Å². The fourth-order valence-corrected chi connectivity index (χ4v) is 3.34. The summed E-state index contributed by atoms with van der Waals surface area (Å²) in [6.45, 7) is 5.26. The maximum atomic E-state index is 12.5. The smallest absolute Gasteiger partial charge is 0.232 e. The van der Waals surface area contributed by atoms with Crippen LogP contribution in [0.25, 0.3) is 0 Å². The van der Waals surface area contributed by atoms with Gasteiger partial charge in [-0.25, -0.2) is 0 Å². The number of rotatable bonds is 4. The van der Waals surface area contributed by atoms with Crippen LogP contribution >= 0.6 is 0 Å². The number of hydrogen-bond donors (Lipinski definition) is 2. The monoisotopic (exact) mass is 317 g/mol. The Labute approximate surface area is 136 Å². The molecular weight excluding hydrogens is 294 g/mol. The fourth-order valence-electron chi connectivity index (χ4n) is 3.34. The van der Waals surface area contributed by atoms with Gasteiger partial charge in [0.25, 0.3) is 0 Å². The molecule has 0 radical (unpaired) electrons. The molecule has 0 bridgehead atoms. The van der Waals surface area contributed by atoms with Crippen LogP contribution in [0.5, 0.6) is 0 Å². The Bertz CT molecular complexity index is 595. The molecule has 6 nitrogen and oxygen atoms in total. The molecule has 1 aromatic carbocycles. The highest BCUT2D eigenvalue weighted by Gasteiger charge is 2.33. The summed E-state index contributed by atoms with van der Waals surface area (Å²) in [6, 6.07) is 7.55. The van der Waals surface area contributed by atoms with Gasteiger partial charge in [-0.1, -0.05) is 18.2 Å². The average molecular weight is 317 g/mol. The Balaban J connectivity index is 1.57. The molecule has 0 spiro atoms. The number of para-hydroxylation sites is 1. The summed E-state index contributed by atoms with van der Waals surface area (Å²) in [7, 11) is 0. The molecule has 0 unspecified atom stereocenters. The van der Waals surface area contributed by atoms with Crippen LogP contribution in [0.15, 0.2) is 24.3 Å². The summed E-state index contributed by atoms with van der Waals surface area (Å²) in [4.78, 5) is 28.6. The van der Waals surface area contributed by atoms with Crippen molar-refractivity contribution in [3.63, 3.8) is 0 Å². The molecule has 2 N–H and O–H groups in total. The minimum atomic E-state index is -0.380. The highest BCUT2D eigenvalue weighted by molar-refractivity contribution is 6.04. The lowest BCUT2D eigenvalue weighted by Crippen LogP contribution is -2.50. The van der Waals surface area contributed by atoms with Crippen molar-refractivity contribution in [2.24, 2.45) is 0 Å². The molecule has 124 valence electrons. The van der Waals surface area contributed by atoms with Crippen LogP contribution in [0.4, 0.5) is 5.69 Å². The van der Waals surface area contributed by atoms with Crippen molar-refractivity contribution in [1.82, 2.24) is 9.80 Å². The first-order valence-corrected chi connectivity index (χ1v) is 8.12. The SMILES string of the molecule is C[C@H](O)CN1CCN(C(=O)C[C@@H]2C(=O)Nc3ccccc32)CC1. The van der Waals surface area contributed by atoms with Gasteiger partial charge in [-0.05, 0) is 18.6 Å². The number of nitrogens with one attached hydrogen (secondary N) is 1. The van der Waals surface area contributed by atoms with Crippen LogP contribution in [-0.2, 0) is 9.59 Å². The van der Waals surface area contributed by atoms with Gasteiger partial charge in [-0.15, -0.1) is 0 Å². The van der Waals surface area contributed by atoms with E-state index in [-0.39, 0.29) is 30.3 Å². The van der Waals surface area contributed by atoms with E-state index >= 15 is 0 Å². The van der Waals surface area contributed by atoms with Crippen LogP contribution in [0.2, 0.25) is 0 Å². The molecule has 1 aromatic rings. The highest BCUT2D eigenvalue weighted by Crippen LogP contribution is 2.34. The molecule has 6 heteroatoms. The lowest BCUT2D eigenvalue weighted by atomic mass is 9.96. The van der Waals surface area contributed by atoms with Crippen LogP contribution in [0, 0.1) is 0 Å². The Hall–Kier alpha value is -1.92. The summed E-state index contributed by atoms with van der Waals surface area (Å²) in [6.07, 6.45) is -0.130. The number of hydrogen-bond acceptors (Lipinski definition) is 4. The summed E-state index contributed by atoms with van der Waals surface area (Å²) in [5, 5.41) is 12.3. The third-order valence-corrected chi connectivity index (χ3v) is 4.54. The molecule has 2 heterocycles. The third-order valence-electron chi connectivity index (χ3n) is 4.54. The van der Waals surface area contributed by atoms with E-state index in [2.05, 4.69) is 10.2 Å². The van der Waals surface area contributed by atoms with Crippen molar-refractivity contribution >= 4 is 17.5 Å². The van der Waals surface area contributed by atoms with Gasteiger partial charge in [0.05, 0.1) is 12.0 Å². The number of piperazine rings is 1. The second-order valence-electron chi connectivity index (χ2n) is 6.36. The molecule has 0 aromatic heterocycles. The lowest BCUT2D eigenvalue weighted by Gasteiger charge is -2.35. The molecule has 2 atom stereocenters. The van der Waals surface area contributed by atoms with Gasteiger partial charge >= 0.3 is 0 Å². The Morgan fingerprint density at radius 1 is 1.30 bits per heavy atom. The maximum absolute atomic E-state index is 12.5. The van der Waals surface area contributed by atoms with Gasteiger partial charge in [0.1, 0.15) is 0 Å². The number of fused-ring (bicyclic) bond motifs is 1. The maximum Gasteiger partial charge on any atom is 0.232 e. The number of aliphatic hydroxyl groups is 1. The molecule has 2 aliphatic rings. The first-order chi connectivity index (χ1) is 11.0. The van der Waals surface area contributed by atoms with Crippen LogP contribution in [-0.4, -0.2) is 65.5 Å². The summed E-state index contributed by atoms with van der Waals surface area (Å²) in [5.74, 6) is -0.444. The van der Waals surface area contributed by atoms with E-state index in [1.54, 1.807) is 6.92 Å². The van der Waals surface area contributed by atoms with E-state index in [1.807, 2.05) is 29.2 Å². The Kier molecular flexibility index (Phi) is 4.63. The van der Waals surface area contributed by atoms with Crippen molar-refractivity contribution in [2.45, 2.75) is 25.4 Å². The molecule has 2 amide bonds. The van der Waals surface area contributed by atoms with Gasteiger partial charge in [0.15, 0.2) is 0 Å². The van der Waals surface area contributed by atoms with Crippen LogP contribution in [0.1, 0.15) is 24.8 Å². The second kappa shape index (κ2) is 6.68. The number of amides is 2. The Morgan fingerprint density at radius 3 is 2.70 bits per heavy atom. The molecule has 23 heavy (non-hydrogen) atoms. The van der Waals surface area contributed by atoms with Crippen molar-refractivity contribution in [3.8, 4) is 0 Å². The molecule has 1 saturated heterocycles. The predicted molar refractivity (Wildman–Crippen MR) is 87.1 cm³/mol. The summed E-state index contributed by atoms with van der Waals surface area (Å²) >= 11 is 0. The predicted octanol–water partition coefficient (Wildman–Crippen LogP) is 0.637. The Morgan fingerprint density at radius 2 is 2.00 bits per heavy atom. The van der Waals surface area contributed by atoms with E-state index in [9.17, 15) is 14.7 Å². The molecular formula is C17H23N3O3. The lowest BCUT2D eigenvalue weighted by molar-refractivity contribution is -0.135. The van der Waals surface area contributed by atoms with Crippen molar-refractivity contribution in [2.75, 3.05) is 38.0 Å². The molecule has 0 aliphatic carbocycles. The van der Waals surface area contributed by atoms with Crippen LogP contribution in [0.3, 0.4) is 0 Å². The van der Waals surface area contributed by atoms with E-state index in [1.165, 1.54) is 0 Å². The van der Waals surface area contributed by atoms with Crippen molar-refractivity contribution in [1.29, 1.82) is 0 Å². The van der Waals surface area contributed by atoms with Gasteiger partial charge in [0.2, 0.25) is 11.8 Å². The van der Waals surface area contributed by atoms with Gasteiger partial charge < -0.3 is 15.3 Å². The number of anilines is 1. The van der Waals surface area contributed by atoms with E-state index in [0.717, 1.165) is 24.3 Å². The van der Waals surface area contributed by atoms with Crippen molar-refractivity contribution in [3.05, 3.63) is 29.8 Å². The van der Waals surface area contributed by atoms with E-state index in [0.29, 0.717) is 19.6 Å². The quantitative estimate of drug-likeness (QED) is 0.855. The normalized spacial score (nSPS) is 22.6. The second-order valence-corrected chi connectivity index (χ2v) is 6.36. The number of benzene rings is 1. The van der Waals surface area contributed by atoms with Gasteiger partial charge in [-0.3, -0.25) is 14.5 Å². The summed E-state index contributed by atoms with van der Waals surface area (Å²) in [5.41, 5.74) is 1.73. The largest absolute Gasteiger partial charge is 0.392 e. The van der Waals surface area contributed by atoms with Crippen LogP contribution < -0.4 is 5.32 Å². The van der Waals surface area contributed by atoms with E-state index in [4.69, 9.17) is 0 Å². The van der Waals surface area contributed by atoms with E-state index < -0.39 is 0 Å². The summed E-state index contributed by atoms with van der Waals surface area (Å²) < 4.78 is 0. The topological polar surface area (TPSA) is 72.9 Å². The zero-order chi connectivity index (χ0) is 16.4. The average Bonchev–Trinajstić information content (AvgIpc) is 2.83. The minimum absolute atomic E-state index is 0.0264. The molecule has 3 rings (SSSR count). The molecule has 2 aliphatic heterocycles. The third kappa shape index (κ3) is 3.54. The van der Waals surface area contributed by atoms with Gasteiger partial charge in [-0.2, -0.15) is 0 Å². The zero-order valence-electron chi connectivity index (χ0n) is 13.4. The highest BCUT2D eigenvalue weighted by atomic mass is 16.3.